The molecule has 0 bridgehead atoms. The van der Waals surface area contributed by atoms with Crippen LogP contribution in [-0.4, -0.2) is 89.7 Å². The lowest BCUT2D eigenvalue weighted by atomic mass is 10.2. The first kappa shape index (κ1) is 67.5. The predicted octanol–water partition coefficient (Wildman–Crippen LogP) is 9.35. The lowest BCUT2D eigenvalue weighted by Crippen LogP contribution is -2.41. The van der Waals surface area contributed by atoms with Crippen LogP contribution in [0.4, 0.5) is 26.3 Å². The van der Waals surface area contributed by atoms with Gasteiger partial charge in [-0.25, -0.2) is 26.4 Å². The Kier molecular flexibility index (Phi) is 22.2. The van der Waals surface area contributed by atoms with E-state index >= 15 is 0 Å². The Hall–Kier alpha value is -7.31. The van der Waals surface area contributed by atoms with Gasteiger partial charge in [-0.05, 0) is 93.8 Å². The topological polar surface area (TPSA) is 255 Å². The molecule has 4 aromatic heterocycles. The molecule has 0 unspecified atom stereocenters. The number of sulfone groups is 1. The minimum absolute atomic E-state index is 0. The van der Waals surface area contributed by atoms with Crippen LogP contribution in [0.1, 0.15) is 52.7 Å². The second-order valence-electron chi connectivity index (χ2n) is 18.5. The molecule has 0 aliphatic carbocycles. The van der Waals surface area contributed by atoms with Crippen molar-refractivity contribution in [1.29, 1.82) is 0 Å². The summed E-state index contributed by atoms with van der Waals surface area (Å²) in [6.45, 7) is 6.16. The molecule has 21 nitrogen and oxygen atoms in total. The lowest BCUT2D eigenvalue weighted by molar-refractivity contribution is -0.275. The van der Waals surface area contributed by atoms with Crippen LogP contribution in [-0.2, 0) is 59.2 Å². The number of aryl methyl sites for hydroxylation is 2. The zero-order valence-corrected chi connectivity index (χ0v) is 48.5. The Morgan fingerprint density at radius 3 is 1.26 bits per heavy atom. The van der Waals surface area contributed by atoms with Crippen molar-refractivity contribution in [2.45, 2.75) is 90.9 Å². The molecule has 0 aliphatic rings. The third-order valence-corrected chi connectivity index (χ3v) is 16.8. The van der Waals surface area contributed by atoms with Crippen molar-refractivity contribution in [3.63, 3.8) is 0 Å². The SMILES string of the molecule is C.CC(C)S(=O)(=O)CCCn1c(=O)c2c(nc(Oc3cccc(OC(F)(F)F)c3)n2Cc2ccc(Cl)cc2)n(C)c1=O.CC(C)S(=O)(=O)Cl.Cn1c(=O)n(CCN)c(=O)c2c1nc(Oc1cccc(OC(F)(F)F)c1)n2Cc1ccc(Cl)cc1. The molecule has 4 heterocycles. The molecule has 0 saturated carbocycles. The standard InChI is InChI=1S/C26H26ClF3N4O6S.C22H19ClF3N5O4.C3H7ClO2S.CH4/c1-16(2)41(37,38)13-5-12-33-23(35)21-22(32(3)25(33)36)31-24(34(21)15-17-8-10-18(27)11-9-17)39-19-6-4-7-20(14-19)40-26(28,29)30;1-29-18-17(19(32)30(10-9-27)21(29)33)31(12-13-5-7-14(23)8-6-13)20(28-18)34-15-3-2-4-16(11-15)35-22(24,25)26;1-3(2)7(4,5)6;/h4,6-11,14,16H,5,12-13,15H2,1-3H3;2-8,11H,9-10,12,27H2,1H3;3H,1-2H3;1H4. The van der Waals surface area contributed by atoms with E-state index in [1.807, 2.05) is 0 Å². The summed E-state index contributed by atoms with van der Waals surface area (Å²) in [5.74, 6) is -1.32. The Balaban J connectivity index is 0.000000275. The Bertz CT molecular complexity index is 4110. The van der Waals surface area contributed by atoms with Crippen molar-refractivity contribution in [2.75, 3.05) is 12.3 Å². The zero-order valence-electron chi connectivity index (χ0n) is 44.6. The normalized spacial score (nSPS) is 11.9. The van der Waals surface area contributed by atoms with E-state index in [4.69, 9.17) is 49.1 Å². The fourth-order valence-electron chi connectivity index (χ4n) is 7.56. The predicted molar refractivity (Wildman–Crippen MR) is 305 cm³/mol. The average molecular weight is 1280 g/mol. The van der Waals surface area contributed by atoms with Gasteiger partial charge in [0.2, 0.25) is 9.05 Å². The summed E-state index contributed by atoms with van der Waals surface area (Å²) in [5, 5.41) is -0.0857. The summed E-state index contributed by atoms with van der Waals surface area (Å²) in [7, 11) is 1.01. The molecule has 8 rings (SSSR count). The van der Waals surface area contributed by atoms with Crippen LogP contribution >= 0.6 is 33.9 Å². The summed E-state index contributed by atoms with van der Waals surface area (Å²) in [6, 6.07) is 22.8. The van der Waals surface area contributed by atoms with E-state index < -0.39 is 76.1 Å². The van der Waals surface area contributed by atoms with Crippen molar-refractivity contribution in [3.8, 4) is 35.0 Å². The highest BCUT2D eigenvalue weighted by Crippen LogP contribution is 2.32. The molecule has 0 atom stereocenters. The van der Waals surface area contributed by atoms with Crippen LogP contribution in [0, 0.1) is 0 Å². The molecule has 2 N–H and O–H groups in total. The monoisotopic (exact) mass is 1280 g/mol. The number of rotatable bonds is 18. The first-order chi connectivity index (χ1) is 38.7. The molecular weight excluding hydrogens is 1230 g/mol. The van der Waals surface area contributed by atoms with E-state index in [0.717, 1.165) is 43.5 Å². The van der Waals surface area contributed by atoms with Gasteiger partial charge in [0.25, 0.3) is 11.1 Å². The molecule has 84 heavy (non-hydrogen) atoms. The summed E-state index contributed by atoms with van der Waals surface area (Å²) in [6.07, 6.45) is -9.77. The molecule has 456 valence electrons. The highest BCUT2D eigenvalue weighted by Gasteiger charge is 2.33. The van der Waals surface area contributed by atoms with Gasteiger partial charge in [-0.3, -0.25) is 37.0 Å². The van der Waals surface area contributed by atoms with Crippen molar-refractivity contribution in [2.24, 2.45) is 19.8 Å². The van der Waals surface area contributed by atoms with E-state index in [1.54, 1.807) is 62.4 Å². The van der Waals surface area contributed by atoms with Crippen LogP contribution in [0.3, 0.4) is 0 Å². The van der Waals surface area contributed by atoms with Crippen molar-refractivity contribution >= 4 is 75.1 Å². The minimum atomic E-state index is -4.92. The van der Waals surface area contributed by atoms with E-state index in [-0.39, 0.29) is 98.2 Å². The summed E-state index contributed by atoms with van der Waals surface area (Å²) >= 11 is 12.0. The highest BCUT2D eigenvalue weighted by molar-refractivity contribution is 8.14. The maximum atomic E-state index is 13.7. The number of fused-ring (bicyclic) bond motifs is 2. The summed E-state index contributed by atoms with van der Waals surface area (Å²) in [5.41, 5.74) is 4.35. The first-order valence-corrected chi connectivity index (χ1v) is 29.3. The van der Waals surface area contributed by atoms with Crippen LogP contribution in [0.15, 0.2) is 116 Å². The van der Waals surface area contributed by atoms with Crippen LogP contribution in [0.25, 0.3) is 22.3 Å². The highest BCUT2D eigenvalue weighted by atomic mass is 35.7. The molecule has 0 spiro atoms. The Morgan fingerprint density at radius 2 is 0.929 bits per heavy atom. The quantitative estimate of drug-likeness (QED) is 0.0620. The van der Waals surface area contributed by atoms with Gasteiger partial charge >= 0.3 is 36.1 Å². The Labute approximate surface area is 490 Å². The van der Waals surface area contributed by atoms with E-state index in [2.05, 4.69) is 19.4 Å². The molecule has 0 aliphatic heterocycles. The number of alkyl halides is 6. The molecule has 0 fully saturated rings. The Morgan fingerprint density at radius 1 is 0.571 bits per heavy atom. The van der Waals surface area contributed by atoms with Crippen LogP contribution < -0.4 is 47.2 Å². The molecule has 0 radical (unpaired) electrons. The van der Waals surface area contributed by atoms with Gasteiger partial charge in [-0.15, -0.1) is 26.3 Å². The van der Waals surface area contributed by atoms with Crippen molar-refractivity contribution in [3.05, 3.63) is 160 Å². The van der Waals surface area contributed by atoms with Gasteiger partial charge in [0.05, 0.1) is 29.3 Å². The van der Waals surface area contributed by atoms with Gasteiger partial charge in [-0.1, -0.05) is 67.0 Å². The minimum Gasteiger partial charge on any atom is -0.425 e. The second-order valence-corrected chi connectivity index (χ2v) is 25.2. The van der Waals surface area contributed by atoms with Gasteiger partial charge in [0.1, 0.15) is 23.0 Å². The third kappa shape index (κ3) is 17.4. The summed E-state index contributed by atoms with van der Waals surface area (Å²) < 4.78 is 147. The molecule has 4 aromatic carbocycles. The smallest absolute Gasteiger partial charge is 0.425 e. The number of nitrogens with two attached hydrogens (primary N) is 1. The van der Waals surface area contributed by atoms with Gasteiger partial charge in [0.15, 0.2) is 32.2 Å². The molecular formula is C52H56Cl3F6N9O12S2. The van der Waals surface area contributed by atoms with Gasteiger partial charge in [-0.2, -0.15) is 9.97 Å². The zero-order chi connectivity index (χ0) is 61.5. The number of ether oxygens (including phenoxy) is 4. The lowest BCUT2D eigenvalue weighted by Gasteiger charge is -2.13. The number of hydrogen-bond acceptors (Lipinski definition) is 15. The number of imidazole rings is 2. The van der Waals surface area contributed by atoms with Crippen molar-refractivity contribution < 1.29 is 62.1 Å². The van der Waals surface area contributed by atoms with E-state index in [0.29, 0.717) is 15.6 Å². The van der Waals surface area contributed by atoms with Gasteiger partial charge in [0, 0.05) is 66.6 Å². The maximum Gasteiger partial charge on any atom is 0.573 e. The van der Waals surface area contributed by atoms with E-state index in [1.165, 1.54) is 65.9 Å². The van der Waals surface area contributed by atoms with Crippen LogP contribution in [0.5, 0.6) is 35.0 Å². The molecule has 0 saturated heterocycles. The second kappa shape index (κ2) is 27.6. The van der Waals surface area contributed by atoms with Gasteiger partial charge < -0.3 is 24.7 Å². The fraction of sp³-hybridized carbons (Fsp3) is 0.346. The average Bonchev–Trinajstić information content (AvgIpc) is 1.71. The largest absolute Gasteiger partial charge is 0.573 e. The number of nitrogens with zero attached hydrogens (tertiary/aromatic N) is 8. The molecule has 32 heteroatoms. The number of aromatic nitrogens is 8. The summed E-state index contributed by atoms with van der Waals surface area (Å²) in [4.78, 5) is 61.3. The third-order valence-electron chi connectivity index (χ3n) is 11.8. The maximum absolute atomic E-state index is 13.7. The van der Waals surface area contributed by atoms with E-state index in [9.17, 15) is 62.4 Å². The first-order valence-electron chi connectivity index (χ1n) is 24.5. The van der Waals surface area contributed by atoms with Crippen molar-refractivity contribution in [1.82, 2.24) is 37.4 Å². The number of halogens is 9. The molecule has 8 aromatic rings. The number of benzene rings is 4. The van der Waals surface area contributed by atoms with Crippen LogP contribution in [0.2, 0.25) is 10.0 Å². The fourth-order valence-corrected chi connectivity index (χ4v) is 8.82. The molecule has 0 amide bonds. The number of hydrogen-bond donors (Lipinski definition) is 1.